The summed E-state index contributed by atoms with van der Waals surface area (Å²) in [5.41, 5.74) is 2.64. The van der Waals surface area contributed by atoms with E-state index in [4.69, 9.17) is 0 Å². The summed E-state index contributed by atoms with van der Waals surface area (Å²) in [6.07, 6.45) is 1.56. The van der Waals surface area contributed by atoms with Gasteiger partial charge in [0.1, 0.15) is 0 Å². The van der Waals surface area contributed by atoms with Crippen molar-refractivity contribution in [1.82, 2.24) is 0 Å². The molecule has 0 spiro atoms. The van der Waals surface area contributed by atoms with Gasteiger partial charge >= 0.3 is 0 Å². The van der Waals surface area contributed by atoms with E-state index in [0.717, 1.165) is 18.4 Å². The highest BCUT2D eigenvalue weighted by molar-refractivity contribution is 5.25. The lowest BCUT2D eigenvalue weighted by Gasteiger charge is -2.29. The molecule has 0 bridgehead atoms. The van der Waals surface area contributed by atoms with E-state index in [0.29, 0.717) is 11.8 Å². The van der Waals surface area contributed by atoms with Crippen LogP contribution < -0.4 is 0 Å². The zero-order valence-corrected chi connectivity index (χ0v) is 13.4. The monoisotopic (exact) mass is 262 g/mol. The molecular formula is C18H30O. The summed E-state index contributed by atoms with van der Waals surface area (Å²) in [4.78, 5) is 0. The molecule has 1 rings (SSSR count). The number of aliphatic hydroxyl groups excluding tert-OH is 1. The maximum absolute atomic E-state index is 10.4. The van der Waals surface area contributed by atoms with E-state index in [1.807, 2.05) is 6.07 Å². The van der Waals surface area contributed by atoms with E-state index in [2.05, 4.69) is 59.7 Å². The van der Waals surface area contributed by atoms with Crippen molar-refractivity contribution in [3.63, 3.8) is 0 Å². The molecule has 0 aliphatic carbocycles. The average Bonchev–Trinajstić information content (AvgIpc) is 2.27. The van der Waals surface area contributed by atoms with E-state index < -0.39 is 0 Å². The molecule has 1 aromatic carbocycles. The molecule has 1 N–H and O–H groups in total. The van der Waals surface area contributed by atoms with Crippen LogP contribution in [0.2, 0.25) is 0 Å². The topological polar surface area (TPSA) is 20.2 Å². The first-order valence-electron chi connectivity index (χ1n) is 7.47. The van der Waals surface area contributed by atoms with Crippen LogP contribution in [-0.2, 0) is 6.42 Å². The average molecular weight is 262 g/mol. The molecule has 0 fully saturated rings. The smallest absolute Gasteiger partial charge is 0.0792 e. The Morgan fingerprint density at radius 2 is 1.74 bits per heavy atom. The minimum absolute atomic E-state index is 0.247. The molecular weight excluding hydrogens is 232 g/mol. The lowest BCUT2D eigenvalue weighted by atomic mass is 9.78. The van der Waals surface area contributed by atoms with Gasteiger partial charge in [-0.2, -0.15) is 0 Å². The first-order chi connectivity index (χ1) is 8.70. The maximum atomic E-state index is 10.4. The third kappa shape index (κ3) is 5.36. The molecule has 2 unspecified atom stereocenters. The first-order valence-corrected chi connectivity index (χ1v) is 7.47. The molecule has 0 aliphatic heterocycles. The summed E-state index contributed by atoms with van der Waals surface area (Å²) in [6, 6.07) is 8.44. The van der Waals surface area contributed by atoms with Crippen molar-refractivity contribution in [3.05, 3.63) is 35.4 Å². The molecule has 19 heavy (non-hydrogen) atoms. The normalized spacial score (nSPS) is 15.6. The molecule has 1 heteroatoms. The SMILES string of the molecule is CC(C)Cc1cccc(C(O)CC(C)C(C)(C)C)c1. The van der Waals surface area contributed by atoms with Gasteiger partial charge in [-0.05, 0) is 41.2 Å². The molecule has 0 amide bonds. The van der Waals surface area contributed by atoms with Gasteiger partial charge in [0.2, 0.25) is 0 Å². The van der Waals surface area contributed by atoms with E-state index in [9.17, 15) is 5.11 Å². The number of benzene rings is 1. The first kappa shape index (κ1) is 16.2. The Hall–Kier alpha value is -0.820. The predicted octanol–water partition coefficient (Wildman–Crippen LogP) is 4.99. The minimum Gasteiger partial charge on any atom is -0.388 e. The molecule has 0 saturated carbocycles. The van der Waals surface area contributed by atoms with E-state index in [-0.39, 0.29) is 11.5 Å². The highest BCUT2D eigenvalue weighted by atomic mass is 16.3. The summed E-state index contributed by atoms with van der Waals surface area (Å²) in [7, 11) is 0. The van der Waals surface area contributed by atoms with Crippen molar-refractivity contribution in [3.8, 4) is 0 Å². The number of hydrogen-bond donors (Lipinski definition) is 1. The fourth-order valence-corrected chi connectivity index (χ4v) is 2.22. The van der Waals surface area contributed by atoms with Crippen LogP contribution in [0.3, 0.4) is 0 Å². The van der Waals surface area contributed by atoms with Crippen LogP contribution in [-0.4, -0.2) is 5.11 Å². The van der Waals surface area contributed by atoms with Gasteiger partial charge in [0.15, 0.2) is 0 Å². The van der Waals surface area contributed by atoms with Crippen molar-refractivity contribution < 1.29 is 5.11 Å². The summed E-state index contributed by atoms with van der Waals surface area (Å²) in [5, 5.41) is 10.4. The van der Waals surface area contributed by atoms with Crippen LogP contribution in [0.1, 0.15) is 65.2 Å². The van der Waals surface area contributed by atoms with Gasteiger partial charge in [-0.1, -0.05) is 65.8 Å². The van der Waals surface area contributed by atoms with E-state index >= 15 is 0 Å². The Kier molecular flexibility index (Phi) is 5.61. The molecule has 0 aliphatic rings. The Balaban J connectivity index is 2.74. The minimum atomic E-state index is -0.346. The van der Waals surface area contributed by atoms with Gasteiger partial charge in [-0.15, -0.1) is 0 Å². The Morgan fingerprint density at radius 1 is 1.11 bits per heavy atom. The van der Waals surface area contributed by atoms with Gasteiger partial charge in [0.05, 0.1) is 6.10 Å². The zero-order chi connectivity index (χ0) is 14.6. The van der Waals surface area contributed by atoms with Crippen LogP contribution in [0.25, 0.3) is 0 Å². The highest BCUT2D eigenvalue weighted by Gasteiger charge is 2.23. The fraction of sp³-hybridized carbons (Fsp3) is 0.667. The summed E-state index contributed by atoms with van der Waals surface area (Å²) < 4.78 is 0. The molecule has 0 heterocycles. The van der Waals surface area contributed by atoms with E-state index in [1.165, 1.54) is 5.56 Å². The molecule has 108 valence electrons. The number of aliphatic hydroxyl groups is 1. The predicted molar refractivity (Wildman–Crippen MR) is 83.2 cm³/mol. The zero-order valence-electron chi connectivity index (χ0n) is 13.4. The number of rotatable bonds is 5. The van der Waals surface area contributed by atoms with Gasteiger partial charge in [-0.3, -0.25) is 0 Å². The summed E-state index contributed by atoms with van der Waals surface area (Å²) >= 11 is 0. The lowest BCUT2D eigenvalue weighted by molar-refractivity contribution is 0.110. The molecule has 1 aromatic rings. The van der Waals surface area contributed by atoms with Gasteiger partial charge in [-0.25, -0.2) is 0 Å². The van der Waals surface area contributed by atoms with Crippen molar-refractivity contribution in [2.24, 2.45) is 17.3 Å². The van der Waals surface area contributed by atoms with Crippen LogP contribution in [0.4, 0.5) is 0 Å². The lowest BCUT2D eigenvalue weighted by Crippen LogP contribution is -2.19. The van der Waals surface area contributed by atoms with Crippen molar-refractivity contribution >= 4 is 0 Å². The largest absolute Gasteiger partial charge is 0.388 e. The van der Waals surface area contributed by atoms with Crippen molar-refractivity contribution in [2.45, 2.75) is 60.5 Å². The standard InChI is InChI=1S/C18H30O/c1-13(2)10-15-8-7-9-16(12-15)17(19)11-14(3)18(4,5)6/h7-9,12-14,17,19H,10-11H2,1-6H3. The van der Waals surface area contributed by atoms with Crippen molar-refractivity contribution in [1.29, 1.82) is 0 Å². The second kappa shape index (κ2) is 6.56. The Bertz CT molecular complexity index is 387. The Morgan fingerprint density at radius 3 is 2.26 bits per heavy atom. The molecule has 2 atom stereocenters. The molecule has 1 nitrogen and oxygen atoms in total. The van der Waals surface area contributed by atoms with Crippen LogP contribution in [0.5, 0.6) is 0 Å². The van der Waals surface area contributed by atoms with E-state index in [1.54, 1.807) is 0 Å². The Labute approximate surface area is 119 Å². The van der Waals surface area contributed by atoms with Crippen LogP contribution in [0, 0.1) is 17.3 Å². The van der Waals surface area contributed by atoms with Crippen molar-refractivity contribution in [2.75, 3.05) is 0 Å². The maximum Gasteiger partial charge on any atom is 0.0792 e. The molecule has 0 aromatic heterocycles. The van der Waals surface area contributed by atoms with Crippen LogP contribution in [0.15, 0.2) is 24.3 Å². The second-order valence-electron chi connectivity index (χ2n) is 7.36. The third-order valence-electron chi connectivity index (χ3n) is 4.03. The second-order valence-corrected chi connectivity index (χ2v) is 7.36. The van der Waals surface area contributed by atoms with Gasteiger partial charge in [0, 0.05) is 0 Å². The number of hydrogen-bond acceptors (Lipinski definition) is 1. The summed E-state index contributed by atoms with van der Waals surface area (Å²) in [6.45, 7) is 13.4. The quantitative estimate of drug-likeness (QED) is 0.792. The van der Waals surface area contributed by atoms with Crippen LogP contribution >= 0.6 is 0 Å². The molecule has 0 radical (unpaired) electrons. The van der Waals surface area contributed by atoms with Gasteiger partial charge in [0.25, 0.3) is 0 Å². The highest BCUT2D eigenvalue weighted by Crippen LogP contribution is 2.33. The third-order valence-corrected chi connectivity index (χ3v) is 4.03. The molecule has 0 saturated heterocycles. The van der Waals surface area contributed by atoms with Gasteiger partial charge < -0.3 is 5.11 Å². The fourth-order valence-electron chi connectivity index (χ4n) is 2.22. The summed E-state index contributed by atoms with van der Waals surface area (Å²) in [5.74, 6) is 1.15.